The zero-order valence-corrected chi connectivity index (χ0v) is 9.88. The van der Waals surface area contributed by atoms with E-state index in [0.717, 1.165) is 0 Å². The predicted molar refractivity (Wildman–Crippen MR) is 64.6 cm³/mol. The molecule has 15 heavy (non-hydrogen) atoms. The van der Waals surface area contributed by atoms with Crippen LogP contribution in [0, 0.1) is 0 Å². The van der Waals surface area contributed by atoms with Gasteiger partial charge in [0.2, 0.25) is 0 Å². The van der Waals surface area contributed by atoms with Gasteiger partial charge in [0.1, 0.15) is 0 Å². The Morgan fingerprint density at radius 2 is 2.13 bits per heavy atom. The van der Waals surface area contributed by atoms with Crippen LogP contribution in [0.25, 0.3) is 0 Å². The number of para-hydroxylation sites is 1. The molecule has 0 fully saturated rings. The van der Waals surface area contributed by atoms with Gasteiger partial charge >= 0.3 is 0 Å². The monoisotopic (exact) mass is 201 g/mol. The molecular weight excluding hydrogens is 182 g/mol. The highest BCUT2D eigenvalue weighted by atomic mass is 15.2. The van der Waals surface area contributed by atoms with Crippen molar-refractivity contribution in [1.29, 1.82) is 0 Å². The van der Waals surface area contributed by atoms with E-state index in [2.05, 4.69) is 43.9 Å². The molecule has 2 aliphatic heterocycles. The van der Waals surface area contributed by atoms with Crippen molar-refractivity contribution < 1.29 is 0 Å². The Morgan fingerprint density at radius 3 is 2.93 bits per heavy atom. The van der Waals surface area contributed by atoms with Gasteiger partial charge in [0.25, 0.3) is 0 Å². The number of anilines is 1. The van der Waals surface area contributed by atoms with Crippen molar-refractivity contribution in [2.45, 2.75) is 45.1 Å². The van der Waals surface area contributed by atoms with Crippen LogP contribution in [-0.4, -0.2) is 12.6 Å². The third-order valence-electron chi connectivity index (χ3n) is 4.16. The Morgan fingerprint density at radius 1 is 1.33 bits per heavy atom. The molecule has 0 amide bonds. The largest absolute Gasteiger partial charge is 0.368 e. The summed E-state index contributed by atoms with van der Waals surface area (Å²) in [4.78, 5) is 2.61. The SMILES string of the molecule is CC1Cc2cccc3c2N1CCC3(C)C. The molecule has 1 aromatic rings. The van der Waals surface area contributed by atoms with Crippen molar-refractivity contribution in [3.8, 4) is 0 Å². The summed E-state index contributed by atoms with van der Waals surface area (Å²) < 4.78 is 0. The molecule has 0 radical (unpaired) electrons. The molecule has 80 valence electrons. The third kappa shape index (κ3) is 1.15. The Hall–Kier alpha value is -0.980. The number of rotatable bonds is 0. The molecule has 1 nitrogen and oxygen atoms in total. The van der Waals surface area contributed by atoms with Gasteiger partial charge in [-0.05, 0) is 36.3 Å². The van der Waals surface area contributed by atoms with Crippen LogP contribution in [0.15, 0.2) is 18.2 Å². The van der Waals surface area contributed by atoms with Crippen LogP contribution >= 0.6 is 0 Å². The van der Waals surface area contributed by atoms with Crippen molar-refractivity contribution in [2.24, 2.45) is 0 Å². The number of hydrogen-bond donors (Lipinski definition) is 0. The minimum Gasteiger partial charge on any atom is -0.368 e. The van der Waals surface area contributed by atoms with E-state index in [9.17, 15) is 0 Å². The summed E-state index contributed by atoms with van der Waals surface area (Å²) >= 11 is 0. The fraction of sp³-hybridized carbons (Fsp3) is 0.571. The fourth-order valence-corrected chi connectivity index (χ4v) is 3.16. The Balaban J connectivity index is 2.23. The number of nitrogens with zero attached hydrogens (tertiary/aromatic N) is 1. The summed E-state index contributed by atoms with van der Waals surface area (Å²) in [5.74, 6) is 0. The quantitative estimate of drug-likeness (QED) is 0.623. The lowest BCUT2D eigenvalue weighted by atomic mass is 9.77. The van der Waals surface area contributed by atoms with Gasteiger partial charge in [-0.1, -0.05) is 32.0 Å². The molecule has 1 aromatic carbocycles. The number of hydrogen-bond acceptors (Lipinski definition) is 1. The second kappa shape index (κ2) is 2.78. The van der Waals surface area contributed by atoms with Gasteiger partial charge in [-0.15, -0.1) is 0 Å². The molecule has 3 rings (SSSR count). The molecule has 1 atom stereocenters. The highest BCUT2D eigenvalue weighted by Crippen LogP contribution is 2.45. The van der Waals surface area contributed by atoms with E-state index in [-0.39, 0.29) is 0 Å². The summed E-state index contributed by atoms with van der Waals surface area (Å²) in [7, 11) is 0. The molecule has 1 unspecified atom stereocenters. The van der Waals surface area contributed by atoms with Crippen LogP contribution in [0.1, 0.15) is 38.3 Å². The molecule has 0 saturated carbocycles. The summed E-state index contributed by atoms with van der Waals surface area (Å²) in [5.41, 5.74) is 5.05. The van der Waals surface area contributed by atoms with Crippen molar-refractivity contribution in [2.75, 3.05) is 11.4 Å². The average molecular weight is 201 g/mol. The van der Waals surface area contributed by atoms with E-state index in [4.69, 9.17) is 0 Å². The van der Waals surface area contributed by atoms with E-state index < -0.39 is 0 Å². The van der Waals surface area contributed by atoms with Crippen LogP contribution in [0.3, 0.4) is 0 Å². The molecule has 0 saturated heterocycles. The summed E-state index contributed by atoms with van der Waals surface area (Å²) in [5, 5.41) is 0. The van der Waals surface area contributed by atoms with Gasteiger partial charge < -0.3 is 4.90 Å². The first-order valence-corrected chi connectivity index (χ1v) is 5.98. The van der Waals surface area contributed by atoms with Crippen molar-refractivity contribution in [3.05, 3.63) is 29.3 Å². The first kappa shape index (κ1) is 9.26. The molecule has 0 spiro atoms. The van der Waals surface area contributed by atoms with Gasteiger partial charge in [-0.2, -0.15) is 0 Å². The average Bonchev–Trinajstić information content (AvgIpc) is 2.50. The van der Waals surface area contributed by atoms with Crippen LogP contribution in [0.4, 0.5) is 5.69 Å². The molecule has 0 aliphatic carbocycles. The van der Waals surface area contributed by atoms with E-state index in [0.29, 0.717) is 11.5 Å². The maximum atomic E-state index is 2.61. The van der Waals surface area contributed by atoms with E-state index in [1.165, 1.54) is 19.4 Å². The van der Waals surface area contributed by atoms with E-state index in [1.807, 2.05) is 0 Å². The minimum absolute atomic E-state index is 0.367. The highest BCUT2D eigenvalue weighted by molar-refractivity contribution is 5.67. The third-order valence-corrected chi connectivity index (χ3v) is 4.16. The van der Waals surface area contributed by atoms with Crippen LogP contribution in [-0.2, 0) is 11.8 Å². The summed E-state index contributed by atoms with van der Waals surface area (Å²) in [6.07, 6.45) is 2.52. The van der Waals surface area contributed by atoms with E-state index in [1.54, 1.807) is 16.8 Å². The van der Waals surface area contributed by atoms with E-state index >= 15 is 0 Å². The van der Waals surface area contributed by atoms with Gasteiger partial charge in [0.15, 0.2) is 0 Å². The van der Waals surface area contributed by atoms with Crippen molar-refractivity contribution in [3.63, 3.8) is 0 Å². The molecule has 0 bridgehead atoms. The Bertz CT molecular complexity index is 406. The smallest absolute Gasteiger partial charge is 0.0440 e. The minimum atomic E-state index is 0.367. The number of benzene rings is 1. The Labute approximate surface area is 92.1 Å². The maximum absolute atomic E-state index is 2.61. The first-order chi connectivity index (χ1) is 7.09. The zero-order valence-electron chi connectivity index (χ0n) is 9.88. The molecular formula is C14H19N. The highest BCUT2D eigenvalue weighted by Gasteiger charge is 2.37. The molecule has 0 N–H and O–H groups in total. The van der Waals surface area contributed by atoms with Gasteiger partial charge in [-0.3, -0.25) is 0 Å². The van der Waals surface area contributed by atoms with Gasteiger partial charge in [0, 0.05) is 18.3 Å². The maximum Gasteiger partial charge on any atom is 0.0440 e. The lowest BCUT2D eigenvalue weighted by molar-refractivity contribution is 0.447. The van der Waals surface area contributed by atoms with Crippen molar-refractivity contribution in [1.82, 2.24) is 0 Å². The first-order valence-electron chi connectivity index (χ1n) is 5.98. The lowest BCUT2D eigenvalue weighted by Gasteiger charge is -2.39. The second-order valence-corrected chi connectivity index (χ2v) is 5.69. The fourth-order valence-electron chi connectivity index (χ4n) is 3.16. The predicted octanol–water partition coefficient (Wildman–Crippen LogP) is 3.12. The standard InChI is InChI=1S/C14H19N/c1-10-9-11-5-4-6-12-13(11)15(10)8-7-14(12,2)3/h4-6,10H,7-9H2,1-3H3. The summed E-state index contributed by atoms with van der Waals surface area (Å²) in [6, 6.07) is 7.56. The topological polar surface area (TPSA) is 3.24 Å². The molecule has 2 heterocycles. The van der Waals surface area contributed by atoms with Crippen LogP contribution in [0.2, 0.25) is 0 Å². The van der Waals surface area contributed by atoms with Crippen LogP contribution < -0.4 is 4.90 Å². The van der Waals surface area contributed by atoms with Crippen LogP contribution in [0.5, 0.6) is 0 Å². The van der Waals surface area contributed by atoms with Gasteiger partial charge in [0.05, 0.1) is 0 Å². The van der Waals surface area contributed by atoms with Crippen molar-refractivity contribution >= 4 is 5.69 Å². The Kier molecular flexibility index (Phi) is 1.72. The van der Waals surface area contributed by atoms with Gasteiger partial charge in [-0.25, -0.2) is 0 Å². The molecule has 2 aliphatic rings. The molecule has 0 aromatic heterocycles. The molecule has 1 heteroatoms. The second-order valence-electron chi connectivity index (χ2n) is 5.69. The normalized spacial score (nSPS) is 26.6. The summed E-state index contributed by atoms with van der Waals surface area (Å²) in [6.45, 7) is 8.34. The zero-order chi connectivity index (χ0) is 10.6. The lowest BCUT2D eigenvalue weighted by Crippen LogP contribution is -2.39.